The number of likely N-dealkylation sites (tertiary alicyclic amines) is 1. The van der Waals surface area contributed by atoms with Crippen molar-refractivity contribution in [1.82, 2.24) is 9.88 Å². The largest absolute Gasteiger partial charge is 0.507 e. The minimum Gasteiger partial charge on any atom is -0.507 e. The van der Waals surface area contributed by atoms with Crippen LogP contribution in [0.1, 0.15) is 42.1 Å². The number of carbonyl (C=O) groups excluding carboxylic acids is 2. The van der Waals surface area contributed by atoms with Crippen LogP contribution in [0.3, 0.4) is 0 Å². The van der Waals surface area contributed by atoms with Gasteiger partial charge >= 0.3 is 0 Å². The van der Waals surface area contributed by atoms with Crippen LogP contribution in [0.5, 0.6) is 5.75 Å². The Labute approximate surface area is 216 Å². The van der Waals surface area contributed by atoms with Gasteiger partial charge < -0.3 is 19.7 Å². The van der Waals surface area contributed by atoms with Crippen molar-refractivity contribution in [3.05, 3.63) is 107 Å². The van der Waals surface area contributed by atoms with Crippen molar-refractivity contribution in [1.29, 1.82) is 0 Å². The zero-order valence-electron chi connectivity index (χ0n) is 21.0. The van der Waals surface area contributed by atoms with Gasteiger partial charge in [0.1, 0.15) is 11.5 Å². The lowest BCUT2D eigenvalue weighted by molar-refractivity contribution is -0.139. The number of aromatic amines is 1. The molecule has 0 aliphatic carbocycles. The predicted molar refractivity (Wildman–Crippen MR) is 144 cm³/mol. The lowest BCUT2D eigenvalue weighted by Crippen LogP contribution is -2.31. The first-order valence-corrected chi connectivity index (χ1v) is 12.7. The summed E-state index contributed by atoms with van der Waals surface area (Å²) in [4.78, 5) is 31.5. The second-order valence-electron chi connectivity index (χ2n) is 9.15. The van der Waals surface area contributed by atoms with Crippen LogP contribution in [0.2, 0.25) is 0 Å². The maximum absolute atomic E-state index is 13.3. The molecule has 0 spiro atoms. The summed E-state index contributed by atoms with van der Waals surface area (Å²) in [6, 6.07) is 22.1. The number of aryl methyl sites for hydroxylation is 1. The third-order valence-electron chi connectivity index (χ3n) is 6.98. The van der Waals surface area contributed by atoms with Crippen LogP contribution in [0.15, 0.2) is 84.6 Å². The number of nitrogens with zero attached hydrogens (tertiary/aromatic N) is 1. The van der Waals surface area contributed by atoms with Crippen molar-refractivity contribution in [3.8, 4) is 5.75 Å². The molecule has 2 heterocycles. The molecule has 1 aliphatic rings. The van der Waals surface area contributed by atoms with Crippen LogP contribution in [0, 0.1) is 0 Å². The summed E-state index contributed by atoms with van der Waals surface area (Å²) >= 11 is 0. The van der Waals surface area contributed by atoms with Crippen LogP contribution < -0.4 is 4.74 Å². The smallest absolute Gasteiger partial charge is 0.295 e. The van der Waals surface area contributed by atoms with Crippen molar-refractivity contribution in [2.24, 2.45) is 0 Å². The fraction of sp³-hybridized carbons (Fsp3) is 0.226. The van der Waals surface area contributed by atoms with E-state index >= 15 is 0 Å². The molecule has 3 aromatic carbocycles. The summed E-state index contributed by atoms with van der Waals surface area (Å²) < 4.78 is 5.50. The van der Waals surface area contributed by atoms with Crippen LogP contribution in [-0.2, 0) is 22.4 Å². The fourth-order valence-electron chi connectivity index (χ4n) is 5.00. The molecule has 0 bridgehead atoms. The predicted octanol–water partition coefficient (Wildman–Crippen LogP) is 5.79. The molecule has 6 heteroatoms. The monoisotopic (exact) mass is 494 g/mol. The number of nitrogens with one attached hydrogen (secondary N) is 1. The maximum Gasteiger partial charge on any atom is 0.295 e. The van der Waals surface area contributed by atoms with Gasteiger partial charge in [-0.25, -0.2) is 0 Å². The van der Waals surface area contributed by atoms with Gasteiger partial charge in [0.25, 0.3) is 11.7 Å². The van der Waals surface area contributed by atoms with Gasteiger partial charge in [-0.3, -0.25) is 9.59 Å². The minimum absolute atomic E-state index is 0.109. The topological polar surface area (TPSA) is 82.6 Å². The number of ketones is 1. The van der Waals surface area contributed by atoms with E-state index in [0.29, 0.717) is 30.9 Å². The highest BCUT2D eigenvalue weighted by molar-refractivity contribution is 6.46. The van der Waals surface area contributed by atoms with E-state index in [1.807, 2.05) is 61.7 Å². The van der Waals surface area contributed by atoms with Crippen molar-refractivity contribution in [3.63, 3.8) is 0 Å². The van der Waals surface area contributed by atoms with Gasteiger partial charge in [-0.2, -0.15) is 0 Å². The van der Waals surface area contributed by atoms with E-state index in [1.54, 1.807) is 29.2 Å². The Balaban J connectivity index is 1.54. The summed E-state index contributed by atoms with van der Waals surface area (Å²) in [5, 5.41) is 12.4. The summed E-state index contributed by atoms with van der Waals surface area (Å²) in [5.74, 6) is -0.780. The first-order valence-electron chi connectivity index (χ1n) is 12.7. The molecule has 4 aromatic rings. The summed E-state index contributed by atoms with van der Waals surface area (Å²) in [6.07, 6.45) is 3.41. The highest BCUT2D eigenvalue weighted by atomic mass is 16.5. The van der Waals surface area contributed by atoms with E-state index in [1.165, 1.54) is 0 Å². The Bertz CT molecular complexity index is 1470. The quantitative estimate of drug-likeness (QED) is 0.184. The van der Waals surface area contributed by atoms with E-state index in [9.17, 15) is 14.7 Å². The number of para-hydroxylation sites is 1. The van der Waals surface area contributed by atoms with Gasteiger partial charge in [-0.1, -0.05) is 49.4 Å². The Hall–Kier alpha value is -4.32. The molecule has 0 saturated carbocycles. The van der Waals surface area contributed by atoms with Gasteiger partial charge in [-0.05, 0) is 66.8 Å². The number of benzene rings is 3. The third kappa shape index (κ3) is 4.62. The number of aromatic nitrogens is 1. The molecule has 1 aliphatic heterocycles. The molecule has 2 N–H and O–H groups in total. The van der Waals surface area contributed by atoms with Crippen LogP contribution in [-0.4, -0.2) is 39.8 Å². The minimum atomic E-state index is -0.678. The molecule has 6 nitrogen and oxygen atoms in total. The molecule has 188 valence electrons. The van der Waals surface area contributed by atoms with Gasteiger partial charge in [0.2, 0.25) is 0 Å². The first-order chi connectivity index (χ1) is 18.0. The number of rotatable bonds is 8. The Kier molecular flexibility index (Phi) is 6.82. The van der Waals surface area contributed by atoms with Crippen LogP contribution in [0.25, 0.3) is 16.7 Å². The molecule has 1 amide bonds. The molecule has 1 fully saturated rings. The highest BCUT2D eigenvalue weighted by Gasteiger charge is 2.45. The van der Waals surface area contributed by atoms with Gasteiger partial charge in [0, 0.05) is 29.2 Å². The average molecular weight is 495 g/mol. The molecule has 0 radical (unpaired) electrons. The second kappa shape index (κ2) is 10.3. The van der Waals surface area contributed by atoms with Crippen molar-refractivity contribution < 1.29 is 19.4 Å². The molecule has 5 rings (SSSR count). The highest BCUT2D eigenvalue weighted by Crippen LogP contribution is 2.40. The maximum atomic E-state index is 13.3. The number of Topliss-reactive ketones (excluding diaryl/α,β-unsaturated/α-hetero) is 1. The van der Waals surface area contributed by atoms with E-state index in [4.69, 9.17) is 4.74 Å². The number of aliphatic hydroxyl groups excluding tert-OH is 1. The molecule has 1 unspecified atom stereocenters. The molecule has 1 aromatic heterocycles. The SMILES string of the molecule is CCOc1ccc(C(O)=C2C(=O)C(=O)N(CCc3c[nH]c4ccccc34)C2c2ccc(CC)cc2)cc1. The van der Waals surface area contributed by atoms with Gasteiger partial charge in [0.15, 0.2) is 0 Å². The number of hydrogen-bond donors (Lipinski definition) is 2. The number of hydrogen-bond acceptors (Lipinski definition) is 4. The Morgan fingerprint density at radius 3 is 2.41 bits per heavy atom. The van der Waals surface area contributed by atoms with E-state index < -0.39 is 17.7 Å². The van der Waals surface area contributed by atoms with Crippen molar-refractivity contribution >= 4 is 28.4 Å². The van der Waals surface area contributed by atoms with E-state index in [2.05, 4.69) is 11.9 Å². The van der Waals surface area contributed by atoms with E-state index in [-0.39, 0.29) is 11.3 Å². The Morgan fingerprint density at radius 1 is 0.973 bits per heavy atom. The number of amides is 1. The third-order valence-corrected chi connectivity index (χ3v) is 6.98. The average Bonchev–Trinajstić information content (AvgIpc) is 3.46. The van der Waals surface area contributed by atoms with Crippen molar-refractivity contribution in [2.45, 2.75) is 32.7 Å². The zero-order valence-corrected chi connectivity index (χ0v) is 21.0. The lowest BCUT2D eigenvalue weighted by Gasteiger charge is -2.25. The van der Waals surface area contributed by atoms with Crippen LogP contribution in [0.4, 0.5) is 0 Å². The standard InChI is InChI=1S/C31H30N2O4/c1-3-20-9-11-21(12-10-20)28-27(29(34)22-13-15-24(16-14-22)37-4-2)30(35)31(36)33(28)18-17-23-19-32-26-8-6-5-7-25(23)26/h5-16,19,28,32,34H,3-4,17-18H2,1-2H3. The first kappa shape index (κ1) is 24.4. The number of fused-ring (bicyclic) bond motifs is 1. The number of H-pyrrole nitrogens is 1. The summed E-state index contributed by atoms with van der Waals surface area (Å²) in [6.45, 7) is 4.84. The van der Waals surface area contributed by atoms with Crippen molar-refractivity contribution in [2.75, 3.05) is 13.2 Å². The number of carbonyl (C=O) groups is 2. The van der Waals surface area contributed by atoms with Gasteiger partial charge in [-0.15, -0.1) is 0 Å². The van der Waals surface area contributed by atoms with Crippen LogP contribution >= 0.6 is 0 Å². The molecule has 1 atom stereocenters. The normalized spacial score (nSPS) is 17.0. The molecular formula is C31H30N2O4. The number of aliphatic hydroxyl groups is 1. The zero-order chi connectivity index (χ0) is 25.9. The summed E-state index contributed by atoms with van der Waals surface area (Å²) in [5.41, 5.74) is 4.63. The van der Waals surface area contributed by atoms with Gasteiger partial charge in [0.05, 0.1) is 18.2 Å². The summed E-state index contributed by atoms with van der Waals surface area (Å²) in [7, 11) is 0. The Morgan fingerprint density at radius 2 is 1.70 bits per heavy atom. The molecular weight excluding hydrogens is 464 g/mol. The van der Waals surface area contributed by atoms with E-state index in [0.717, 1.165) is 34.0 Å². The second-order valence-corrected chi connectivity index (χ2v) is 9.15. The molecule has 1 saturated heterocycles. The number of ether oxygens (including phenoxy) is 1. The fourth-order valence-corrected chi connectivity index (χ4v) is 5.00. The molecule has 37 heavy (non-hydrogen) atoms. The lowest BCUT2D eigenvalue weighted by atomic mass is 9.94.